The highest BCUT2D eigenvalue weighted by Crippen LogP contribution is 2.25. The lowest BCUT2D eigenvalue weighted by Gasteiger charge is -2.33. The summed E-state index contributed by atoms with van der Waals surface area (Å²) >= 11 is 0. The minimum absolute atomic E-state index is 0.0725. The molecule has 0 aromatic carbocycles. The van der Waals surface area contributed by atoms with Crippen molar-refractivity contribution >= 4 is 0 Å². The van der Waals surface area contributed by atoms with E-state index in [0.717, 1.165) is 45.3 Å². The monoisotopic (exact) mass is 252 g/mol. The second-order valence-electron chi connectivity index (χ2n) is 5.13. The van der Waals surface area contributed by atoms with E-state index in [1.165, 1.54) is 0 Å². The van der Waals surface area contributed by atoms with Gasteiger partial charge in [-0.2, -0.15) is 0 Å². The van der Waals surface area contributed by atoms with Gasteiger partial charge < -0.3 is 14.8 Å². The molecule has 1 saturated carbocycles. The van der Waals surface area contributed by atoms with Gasteiger partial charge in [-0.1, -0.05) is 5.92 Å². The number of hydrogen-bond acceptors (Lipinski definition) is 4. The molecule has 0 spiro atoms. The second-order valence-corrected chi connectivity index (χ2v) is 5.13. The molecule has 1 aliphatic heterocycles. The smallest absolute Gasteiger partial charge is 0.121 e. The lowest BCUT2D eigenvalue weighted by molar-refractivity contribution is -0.0797. The fourth-order valence-electron chi connectivity index (χ4n) is 2.59. The molecule has 0 aromatic rings. The van der Waals surface area contributed by atoms with Crippen molar-refractivity contribution in [3.05, 3.63) is 0 Å². The minimum atomic E-state index is -0.0725. The first kappa shape index (κ1) is 13.8. The van der Waals surface area contributed by atoms with E-state index >= 15 is 0 Å². The summed E-state index contributed by atoms with van der Waals surface area (Å²) in [5.41, 5.74) is 0. The standard InChI is InChI=1S/C14H24N2O2/c1-3-11(2)17-12-4-6-13(7-5-12)18-14-10-15-8-9-16-14/h1,11-16H,4-10H2,2H3. The molecule has 1 aliphatic carbocycles. The van der Waals surface area contributed by atoms with Crippen molar-refractivity contribution in [1.82, 2.24) is 10.6 Å². The van der Waals surface area contributed by atoms with Gasteiger partial charge in [0.25, 0.3) is 0 Å². The zero-order valence-corrected chi connectivity index (χ0v) is 11.2. The second kappa shape index (κ2) is 7.10. The van der Waals surface area contributed by atoms with Crippen LogP contribution in [0.4, 0.5) is 0 Å². The molecule has 1 saturated heterocycles. The lowest BCUT2D eigenvalue weighted by atomic mass is 9.94. The summed E-state index contributed by atoms with van der Waals surface area (Å²) in [6, 6.07) is 0. The molecule has 2 fully saturated rings. The normalized spacial score (nSPS) is 34.8. The first-order valence-electron chi connectivity index (χ1n) is 6.99. The zero-order valence-electron chi connectivity index (χ0n) is 11.2. The Hall–Kier alpha value is -0.600. The van der Waals surface area contributed by atoms with Crippen LogP contribution < -0.4 is 10.6 Å². The Morgan fingerprint density at radius 1 is 1.17 bits per heavy atom. The first-order chi connectivity index (χ1) is 8.78. The third kappa shape index (κ3) is 4.25. The number of rotatable bonds is 4. The van der Waals surface area contributed by atoms with Gasteiger partial charge in [-0.05, 0) is 32.6 Å². The van der Waals surface area contributed by atoms with Crippen molar-refractivity contribution in [3.63, 3.8) is 0 Å². The molecular weight excluding hydrogens is 228 g/mol. The van der Waals surface area contributed by atoms with Crippen LogP contribution in [0.15, 0.2) is 0 Å². The molecule has 2 unspecified atom stereocenters. The number of nitrogens with one attached hydrogen (secondary N) is 2. The average molecular weight is 252 g/mol. The summed E-state index contributed by atoms with van der Waals surface area (Å²) in [7, 11) is 0. The van der Waals surface area contributed by atoms with Crippen molar-refractivity contribution in [3.8, 4) is 12.3 Å². The fourth-order valence-corrected chi connectivity index (χ4v) is 2.59. The van der Waals surface area contributed by atoms with E-state index in [1.807, 2.05) is 6.92 Å². The topological polar surface area (TPSA) is 42.5 Å². The van der Waals surface area contributed by atoms with Crippen LogP contribution in [-0.2, 0) is 9.47 Å². The van der Waals surface area contributed by atoms with Gasteiger partial charge in [0.2, 0.25) is 0 Å². The summed E-state index contributed by atoms with van der Waals surface area (Å²) in [6.45, 7) is 4.86. The van der Waals surface area contributed by atoms with E-state index < -0.39 is 0 Å². The van der Waals surface area contributed by atoms with Crippen LogP contribution in [0, 0.1) is 12.3 Å². The summed E-state index contributed by atoms with van der Waals surface area (Å²) in [5, 5.41) is 6.71. The molecular formula is C14H24N2O2. The quantitative estimate of drug-likeness (QED) is 0.729. The summed E-state index contributed by atoms with van der Waals surface area (Å²) < 4.78 is 11.8. The Kier molecular flexibility index (Phi) is 5.45. The SMILES string of the molecule is C#CC(C)OC1CCC(OC2CNCCN2)CC1. The zero-order chi connectivity index (χ0) is 12.8. The Morgan fingerprint density at radius 2 is 1.89 bits per heavy atom. The van der Waals surface area contributed by atoms with Crippen molar-refractivity contribution in [2.45, 2.75) is 57.1 Å². The predicted octanol–water partition coefficient (Wildman–Crippen LogP) is 0.871. The van der Waals surface area contributed by atoms with E-state index in [4.69, 9.17) is 15.9 Å². The molecule has 0 bridgehead atoms. The molecule has 0 aromatic heterocycles. The molecule has 2 aliphatic rings. The Labute approximate surface area is 110 Å². The number of hydrogen-bond donors (Lipinski definition) is 2. The van der Waals surface area contributed by atoms with Crippen LogP contribution >= 0.6 is 0 Å². The van der Waals surface area contributed by atoms with Crippen LogP contribution in [0.1, 0.15) is 32.6 Å². The lowest BCUT2D eigenvalue weighted by Crippen LogP contribution is -2.51. The Morgan fingerprint density at radius 3 is 2.50 bits per heavy atom. The molecule has 4 nitrogen and oxygen atoms in total. The molecule has 0 amide bonds. The van der Waals surface area contributed by atoms with Crippen LogP contribution in [0.3, 0.4) is 0 Å². The molecule has 18 heavy (non-hydrogen) atoms. The highest BCUT2D eigenvalue weighted by Gasteiger charge is 2.25. The number of piperazine rings is 1. The van der Waals surface area contributed by atoms with Crippen molar-refractivity contribution in [2.24, 2.45) is 0 Å². The molecule has 0 radical (unpaired) electrons. The van der Waals surface area contributed by atoms with Gasteiger partial charge in [-0.25, -0.2) is 0 Å². The molecule has 2 N–H and O–H groups in total. The molecule has 1 heterocycles. The molecule has 2 atom stereocenters. The van der Waals surface area contributed by atoms with Crippen LogP contribution in [0.2, 0.25) is 0 Å². The number of terminal acetylenes is 1. The summed E-state index contributed by atoms with van der Waals surface area (Å²) in [6.07, 6.45) is 10.3. The van der Waals surface area contributed by atoms with Gasteiger partial charge in [0.15, 0.2) is 0 Å². The highest BCUT2D eigenvalue weighted by molar-refractivity contribution is 4.92. The van der Waals surface area contributed by atoms with E-state index in [9.17, 15) is 0 Å². The van der Waals surface area contributed by atoms with Crippen molar-refractivity contribution < 1.29 is 9.47 Å². The van der Waals surface area contributed by atoms with Gasteiger partial charge in [-0.3, -0.25) is 5.32 Å². The van der Waals surface area contributed by atoms with Gasteiger partial charge in [-0.15, -0.1) is 6.42 Å². The van der Waals surface area contributed by atoms with Gasteiger partial charge in [0, 0.05) is 19.6 Å². The Bertz CT molecular complexity index is 276. The van der Waals surface area contributed by atoms with Crippen LogP contribution in [-0.4, -0.2) is 44.2 Å². The van der Waals surface area contributed by atoms with Crippen LogP contribution in [0.5, 0.6) is 0 Å². The highest BCUT2D eigenvalue weighted by atomic mass is 16.5. The molecule has 102 valence electrons. The van der Waals surface area contributed by atoms with Crippen molar-refractivity contribution in [2.75, 3.05) is 19.6 Å². The fraction of sp³-hybridized carbons (Fsp3) is 0.857. The third-order valence-corrected chi connectivity index (χ3v) is 3.61. The van der Waals surface area contributed by atoms with E-state index in [-0.39, 0.29) is 12.3 Å². The van der Waals surface area contributed by atoms with Gasteiger partial charge >= 0.3 is 0 Å². The maximum atomic E-state index is 6.04. The molecule has 4 heteroatoms. The largest absolute Gasteiger partial charge is 0.363 e. The first-order valence-corrected chi connectivity index (χ1v) is 6.99. The van der Waals surface area contributed by atoms with Crippen LogP contribution in [0.25, 0.3) is 0 Å². The van der Waals surface area contributed by atoms with Gasteiger partial charge in [0.1, 0.15) is 12.3 Å². The summed E-state index contributed by atoms with van der Waals surface area (Å²) in [5.74, 6) is 2.62. The minimum Gasteiger partial charge on any atom is -0.363 e. The molecule has 2 rings (SSSR count). The van der Waals surface area contributed by atoms with E-state index in [2.05, 4.69) is 16.6 Å². The summed E-state index contributed by atoms with van der Waals surface area (Å²) in [4.78, 5) is 0. The van der Waals surface area contributed by atoms with E-state index in [1.54, 1.807) is 0 Å². The van der Waals surface area contributed by atoms with Crippen molar-refractivity contribution in [1.29, 1.82) is 0 Å². The van der Waals surface area contributed by atoms with Gasteiger partial charge in [0.05, 0.1) is 12.2 Å². The maximum absolute atomic E-state index is 6.04. The Balaban J connectivity index is 1.65. The average Bonchev–Trinajstić information content (AvgIpc) is 2.42. The third-order valence-electron chi connectivity index (χ3n) is 3.61. The number of ether oxygens (including phenoxy) is 2. The predicted molar refractivity (Wildman–Crippen MR) is 71.2 cm³/mol. The van der Waals surface area contributed by atoms with E-state index in [0.29, 0.717) is 12.2 Å². The maximum Gasteiger partial charge on any atom is 0.121 e.